The second-order valence-electron chi connectivity index (χ2n) is 5.01. The number of carbonyl (C=O) groups excluding carboxylic acids is 1. The summed E-state index contributed by atoms with van der Waals surface area (Å²) < 4.78 is 0. The highest BCUT2D eigenvalue weighted by Gasteiger charge is 2.07. The second-order valence-corrected chi connectivity index (χ2v) is 5.87. The van der Waals surface area contributed by atoms with Gasteiger partial charge in [0.1, 0.15) is 5.01 Å². The molecule has 0 unspecified atom stereocenters. The molecule has 3 aromatic rings. The molecule has 1 heterocycles. The van der Waals surface area contributed by atoms with Gasteiger partial charge in [-0.1, -0.05) is 48.5 Å². The van der Waals surface area contributed by atoms with Gasteiger partial charge in [-0.25, -0.2) is 4.98 Å². The highest BCUT2D eigenvalue weighted by atomic mass is 32.1. The predicted molar refractivity (Wildman–Crippen MR) is 90.5 cm³/mol. The third kappa shape index (κ3) is 3.40. The fourth-order valence-corrected chi connectivity index (χ4v) is 3.01. The minimum Gasteiger partial charge on any atom is -0.352 e. The maximum atomic E-state index is 11.0. The van der Waals surface area contributed by atoms with Gasteiger partial charge in [0.15, 0.2) is 0 Å². The maximum absolute atomic E-state index is 11.0. The first-order chi connectivity index (χ1) is 10.7. The van der Waals surface area contributed by atoms with Crippen molar-refractivity contribution in [2.75, 3.05) is 0 Å². The molecular weight excluding hydrogens is 292 g/mol. The van der Waals surface area contributed by atoms with Crippen LogP contribution in [0.25, 0.3) is 21.8 Å². The van der Waals surface area contributed by atoms with Crippen molar-refractivity contribution in [3.63, 3.8) is 0 Å². The van der Waals surface area contributed by atoms with E-state index in [4.69, 9.17) is 4.98 Å². The van der Waals surface area contributed by atoms with Gasteiger partial charge in [0.05, 0.1) is 5.69 Å². The summed E-state index contributed by atoms with van der Waals surface area (Å²) in [4.78, 5) is 15.7. The Bertz CT molecular complexity index is 781. The lowest BCUT2D eigenvalue weighted by Crippen LogP contribution is -2.18. The highest BCUT2D eigenvalue weighted by molar-refractivity contribution is 7.13. The molecule has 0 aliphatic carbocycles. The van der Waals surface area contributed by atoms with E-state index in [0.717, 1.165) is 27.4 Å². The molecule has 0 radical (unpaired) electrons. The molecule has 0 bridgehead atoms. The Balaban J connectivity index is 1.84. The maximum Gasteiger partial charge on any atom is 0.217 e. The summed E-state index contributed by atoms with van der Waals surface area (Å²) in [6, 6.07) is 18.3. The Hall–Kier alpha value is -2.46. The summed E-state index contributed by atoms with van der Waals surface area (Å²) in [7, 11) is 0. The number of benzene rings is 2. The van der Waals surface area contributed by atoms with E-state index >= 15 is 0 Å². The van der Waals surface area contributed by atoms with Crippen LogP contribution in [-0.2, 0) is 11.3 Å². The van der Waals surface area contributed by atoms with Crippen LogP contribution in [0.4, 0.5) is 0 Å². The van der Waals surface area contributed by atoms with E-state index in [0.29, 0.717) is 6.54 Å². The Morgan fingerprint density at radius 1 is 1.09 bits per heavy atom. The topological polar surface area (TPSA) is 42.0 Å². The Morgan fingerprint density at radius 3 is 2.64 bits per heavy atom. The van der Waals surface area contributed by atoms with Crippen LogP contribution in [0.1, 0.15) is 12.5 Å². The van der Waals surface area contributed by atoms with Crippen LogP contribution in [0, 0.1) is 0 Å². The quantitative estimate of drug-likeness (QED) is 0.788. The Kier molecular flexibility index (Phi) is 4.30. The largest absolute Gasteiger partial charge is 0.352 e. The van der Waals surface area contributed by atoms with Crippen molar-refractivity contribution in [3.8, 4) is 21.8 Å². The fourth-order valence-electron chi connectivity index (χ4n) is 2.19. The van der Waals surface area contributed by atoms with Crippen LogP contribution in [0.2, 0.25) is 0 Å². The van der Waals surface area contributed by atoms with E-state index in [-0.39, 0.29) is 5.91 Å². The predicted octanol–water partition coefficient (Wildman–Crippen LogP) is 4.11. The zero-order valence-electron chi connectivity index (χ0n) is 12.2. The Morgan fingerprint density at radius 2 is 1.86 bits per heavy atom. The minimum absolute atomic E-state index is 0.0222. The summed E-state index contributed by atoms with van der Waals surface area (Å²) >= 11 is 1.63. The number of hydrogen-bond acceptors (Lipinski definition) is 3. The number of rotatable bonds is 4. The first-order valence-electron chi connectivity index (χ1n) is 7.07. The number of thiazole rings is 1. The zero-order chi connectivity index (χ0) is 15.4. The molecule has 110 valence electrons. The van der Waals surface area contributed by atoms with Crippen molar-refractivity contribution in [2.45, 2.75) is 13.5 Å². The zero-order valence-corrected chi connectivity index (χ0v) is 13.1. The molecule has 0 saturated carbocycles. The van der Waals surface area contributed by atoms with Gasteiger partial charge in [-0.2, -0.15) is 0 Å². The SMILES string of the molecule is CC(=O)NCc1cccc(-c2nc(-c3ccccc3)cs2)c1. The third-order valence-electron chi connectivity index (χ3n) is 3.29. The lowest BCUT2D eigenvalue weighted by atomic mass is 10.1. The number of nitrogens with zero attached hydrogens (tertiary/aromatic N) is 1. The van der Waals surface area contributed by atoms with Gasteiger partial charge in [-0.3, -0.25) is 4.79 Å². The molecule has 22 heavy (non-hydrogen) atoms. The molecule has 1 N–H and O–H groups in total. The van der Waals surface area contributed by atoms with Gasteiger partial charge in [-0.05, 0) is 11.6 Å². The van der Waals surface area contributed by atoms with Gasteiger partial charge < -0.3 is 5.32 Å². The van der Waals surface area contributed by atoms with Crippen molar-refractivity contribution >= 4 is 17.2 Å². The van der Waals surface area contributed by atoms with Crippen molar-refractivity contribution in [1.82, 2.24) is 10.3 Å². The summed E-state index contributed by atoms with van der Waals surface area (Å²) in [6.45, 7) is 2.07. The van der Waals surface area contributed by atoms with Gasteiger partial charge in [0.25, 0.3) is 0 Å². The summed E-state index contributed by atoms with van der Waals surface area (Å²) in [6.07, 6.45) is 0. The van der Waals surface area contributed by atoms with E-state index in [9.17, 15) is 4.79 Å². The summed E-state index contributed by atoms with van der Waals surface area (Å²) in [5.74, 6) is -0.0222. The molecule has 0 aliphatic heterocycles. The first kappa shape index (κ1) is 14.5. The van der Waals surface area contributed by atoms with E-state index in [1.807, 2.05) is 36.4 Å². The average Bonchev–Trinajstić information content (AvgIpc) is 3.04. The van der Waals surface area contributed by atoms with Crippen molar-refractivity contribution in [2.24, 2.45) is 0 Å². The van der Waals surface area contributed by atoms with Crippen LogP contribution in [0.5, 0.6) is 0 Å². The smallest absolute Gasteiger partial charge is 0.217 e. The molecule has 0 aliphatic rings. The van der Waals surface area contributed by atoms with Crippen LogP contribution in [-0.4, -0.2) is 10.9 Å². The lowest BCUT2D eigenvalue weighted by molar-refractivity contribution is -0.119. The van der Waals surface area contributed by atoms with Gasteiger partial charge >= 0.3 is 0 Å². The monoisotopic (exact) mass is 308 g/mol. The fraction of sp³-hybridized carbons (Fsp3) is 0.111. The number of amides is 1. The van der Waals surface area contributed by atoms with Crippen LogP contribution >= 0.6 is 11.3 Å². The molecule has 0 atom stereocenters. The molecule has 1 aromatic heterocycles. The minimum atomic E-state index is -0.0222. The number of aromatic nitrogens is 1. The van der Waals surface area contributed by atoms with Gasteiger partial charge in [0, 0.05) is 30.0 Å². The standard InChI is InChI=1S/C18H16N2OS/c1-13(21)19-11-14-6-5-9-16(10-14)18-20-17(12-22-18)15-7-3-2-4-8-15/h2-10,12H,11H2,1H3,(H,19,21). The molecule has 0 saturated heterocycles. The Labute approximate surface area is 133 Å². The van der Waals surface area contributed by atoms with E-state index in [1.54, 1.807) is 11.3 Å². The van der Waals surface area contributed by atoms with Crippen LogP contribution in [0.3, 0.4) is 0 Å². The summed E-state index contributed by atoms with van der Waals surface area (Å²) in [5, 5.41) is 5.88. The summed E-state index contributed by atoms with van der Waals surface area (Å²) in [5.41, 5.74) is 4.27. The molecular formula is C18H16N2OS. The molecule has 0 spiro atoms. The molecule has 2 aromatic carbocycles. The van der Waals surface area contributed by atoms with Gasteiger partial charge in [-0.15, -0.1) is 11.3 Å². The van der Waals surface area contributed by atoms with Crippen molar-refractivity contribution < 1.29 is 4.79 Å². The van der Waals surface area contributed by atoms with Crippen molar-refractivity contribution in [3.05, 3.63) is 65.5 Å². The molecule has 3 rings (SSSR count). The average molecular weight is 308 g/mol. The first-order valence-corrected chi connectivity index (χ1v) is 7.95. The molecule has 4 heteroatoms. The van der Waals surface area contributed by atoms with Gasteiger partial charge in [0.2, 0.25) is 5.91 Å². The number of nitrogens with one attached hydrogen (secondary N) is 1. The van der Waals surface area contributed by atoms with Crippen LogP contribution < -0.4 is 5.32 Å². The van der Waals surface area contributed by atoms with E-state index in [2.05, 4.69) is 28.9 Å². The molecule has 3 nitrogen and oxygen atoms in total. The highest BCUT2D eigenvalue weighted by Crippen LogP contribution is 2.29. The van der Waals surface area contributed by atoms with E-state index < -0.39 is 0 Å². The second kappa shape index (κ2) is 6.54. The number of carbonyl (C=O) groups is 1. The molecule has 1 amide bonds. The molecule has 0 fully saturated rings. The lowest BCUT2D eigenvalue weighted by Gasteiger charge is -2.04. The third-order valence-corrected chi connectivity index (χ3v) is 4.18. The van der Waals surface area contributed by atoms with Crippen molar-refractivity contribution in [1.29, 1.82) is 0 Å². The normalized spacial score (nSPS) is 10.4. The van der Waals surface area contributed by atoms with E-state index in [1.165, 1.54) is 6.92 Å². The van der Waals surface area contributed by atoms with Crippen LogP contribution in [0.15, 0.2) is 60.0 Å². The number of hydrogen-bond donors (Lipinski definition) is 1.